The fraction of sp³-hybridized carbons (Fsp3) is 0. The summed E-state index contributed by atoms with van der Waals surface area (Å²) in [4.78, 5) is 46.2. The number of hydrogen-bond acceptors (Lipinski definition) is 12. The first kappa shape index (κ1) is 85.4. The molecule has 0 spiro atoms. The third-order valence-electron chi connectivity index (χ3n) is 28.5. The maximum atomic E-state index is 6.71. The number of benzene rings is 24. The van der Waals surface area contributed by atoms with E-state index in [0.717, 1.165) is 143 Å². The van der Waals surface area contributed by atoms with Crippen molar-refractivity contribution in [1.82, 2.24) is 44.9 Å². The number of furan rings is 2. The van der Waals surface area contributed by atoms with Gasteiger partial charge in [0.15, 0.2) is 52.4 Å². The molecule has 30 rings (SSSR count). The van der Waals surface area contributed by atoms with Crippen LogP contribution in [0.15, 0.2) is 500 Å². The Morgan fingerprint density at radius 1 is 0.136 bits per heavy atom. The van der Waals surface area contributed by atoms with Gasteiger partial charge >= 0.3 is 0 Å². The lowest BCUT2D eigenvalue weighted by Gasteiger charge is -2.14. The molecule has 147 heavy (non-hydrogen) atoms. The van der Waals surface area contributed by atoms with Crippen LogP contribution in [-0.4, -0.2) is 44.9 Å². The van der Waals surface area contributed by atoms with E-state index in [4.69, 9.17) is 53.7 Å². The van der Waals surface area contributed by atoms with Gasteiger partial charge in [-0.15, -0.1) is 11.3 Å². The Labute approximate surface area is 847 Å². The van der Waals surface area contributed by atoms with Crippen molar-refractivity contribution < 1.29 is 8.83 Å². The predicted octanol–water partition coefficient (Wildman–Crippen LogP) is 36.2. The molecule has 12 heteroatoms. The highest BCUT2D eigenvalue weighted by Gasteiger charge is 2.26. The molecule has 11 nitrogen and oxygen atoms in total. The largest absolute Gasteiger partial charge is 0.456 e. The number of hydrogen-bond donors (Lipinski definition) is 0. The third kappa shape index (κ3) is 15.3. The fourth-order valence-corrected chi connectivity index (χ4v) is 22.7. The molecular weight excluding hydrogens is 1810 g/mol. The van der Waals surface area contributed by atoms with Crippen LogP contribution in [0.3, 0.4) is 0 Å². The van der Waals surface area contributed by atoms with E-state index in [2.05, 4.69) is 364 Å². The molecular formula is C135H81N9O2S. The first-order valence-corrected chi connectivity index (χ1v) is 50.1. The molecule has 684 valence electrons. The molecule has 0 unspecified atom stereocenters. The van der Waals surface area contributed by atoms with Gasteiger partial charge < -0.3 is 8.83 Å². The lowest BCUT2D eigenvalue weighted by atomic mass is 9.93. The maximum Gasteiger partial charge on any atom is 0.164 e. The molecule has 0 amide bonds. The van der Waals surface area contributed by atoms with Crippen molar-refractivity contribution in [3.05, 3.63) is 491 Å². The van der Waals surface area contributed by atoms with Gasteiger partial charge in [-0.2, -0.15) is 0 Å². The standard InChI is InChI=1S/C51H31N3O.C45H27N3O.C39H23N3S/c1-3-12-32(13-4-1)35-17-11-18-36(30-35)41-28-29-45(47-44-20-9-10-21-46(44)55-48(41)47)51-53-49(34-15-5-2-6-16-34)52-50(54-51)38-24-25-40-37(31-38)23-27-42-39-19-8-7-14-33(39)22-26-43(40)42;1-3-10-28(11-4-1)36-16-9-17-41-42(36)39-27-33(21-25-40(39)49-41)45-47-43(30-13-5-2-6-14-30)46-44(48-45)32-20-22-35-31(26-32)19-24-37-34-15-8-7-12-29(34)18-23-38(35)37;1-2-11-27(12-3-1)37-40-38(42-39(41-37)31-17-9-19-33-36(31)29-15-6-7-18-32(29)43-33)30-16-8-13-25-22-23-26-21-20-24-10-4-5-14-28(24)34(26)35(25)30/h1-31H;1-27H;1-23H. The van der Waals surface area contributed by atoms with Gasteiger partial charge in [-0.25, -0.2) is 44.9 Å². The molecule has 0 aliphatic rings. The average Bonchev–Trinajstić information content (AvgIpc) is 1.36. The van der Waals surface area contributed by atoms with Crippen LogP contribution >= 0.6 is 11.3 Å². The molecule has 0 radical (unpaired) electrons. The molecule has 0 N–H and O–H groups in total. The molecule has 0 saturated heterocycles. The zero-order valence-electron chi connectivity index (χ0n) is 79.0. The number of nitrogens with zero attached hydrogens (tertiary/aromatic N) is 9. The van der Waals surface area contributed by atoms with E-state index >= 15 is 0 Å². The Hall–Kier alpha value is -19.5. The van der Waals surface area contributed by atoms with E-state index in [9.17, 15) is 0 Å². The van der Waals surface area contributed by atoms with Crippen molar-refractivity contribution in [2.75, 3.05) is 0 Å². The second-order valence-electron chi connectivity index (χ2n) is 37.2. The van der Waals surface area contributed by atoms with Crippen molar-refractivity contribution >= 4 is 172 Å². The summed E-state index contributed by atoms with van der Waals surface area (Å²) in [6.45, 7) is 0. The molecule has 0 atom stereocenters. The van der Waals surface area contributed by atoms with E-state index in [1.807, 2.05) is 127 Å². The fourth-order valence-electron chi connectivity index (χ4n) is 21.5. The Balaban J connectivity index is 0.000000107. The quantitative estimate of drug-likeness (QED) is 0.108. The van der Waals surface area contributed by atoms with E-state index in [1.54, 1.807) is 11.3 Å². The summed E-state index contributed by atoms with van der Waals surface area (Å²) in [6, 6.07) is 172. The van der Waals surface area contributed by atoms with Crippen LogP contribution in [0, 0.1) is 0 Å². The normalized spacial score (nSPS) is 11.7. The first-order chi connectivity index (χ1) is 72.8. The minimum atomic E-state index is 0.593. The Kier molecular flexibility index (Phi) is 20.9. The minimum Gasteiger partial charge on any atom is -0.456 e. The second-order valence-corrected chi connectivity index (χ2v) is 38.3. The van der Waals surface area contributed by atoms with Crippen molar-refractivity contribution in [2.24, 2.45) is 0 Å². The molecule has 30 aromatic rings. The summed E-state index contributed by atoms with van der Waals surface area (Å²) in [6.07, 6.45) is 0. The molecule has 6 heterocycles. The molecule has 0 bridgehead atoms. The minimum absolute atomic E-state index is 0.593. The highest BCUT2D eigenvalue weighted by Crippen LogP contribution is 2.48. The SMILES string of the molecule is c1ccc(-c2cccc(-c3ccc(-c4nc(-c5ccccc5)nc(-c5ccc6c(ccc7c8ccccc8ccc67)c5)n4)c4c3oc3ccccc34)c2)cc1.c1ccc(-c2nc(-c3ccc4c(ccc5c6ccccc6ccc45)c3)nc(-c3ccc4oc5cccc(-c6ccccc6)c5c4c3)n2)cc1.c1ccc(-c2nc(-c3cccc4sc5ccccc5c34)nc(-c3cccc4ccc5ccc6ccccc6c5c34)n2)cc1. The topological polar surface area (TPSA) is 142 Å². The first-order valence-electron chi connectivity index (χ1n) is 49.3. The summed E-state index contributed by atoms with van der Waals surface area (Å²) >= 11 is 1.80. The highest BCUT2D eigenvalue weighted by molar-refractivity contribution is 7.26. The summed E-state index contributed by atoms with van der Waals surface area (Å²) in [5, 5.41) is 28.4. The third-order valence-corrected chi connectivity index (χ3v) is 29.7. The molecule has 0 aliphatic carbocycles. The van der Waals surface area contributed by atoms with Crippen molar-refractivity contribution in [1.29, 1.82) is 0 Å². The van der Waals surface area contributed by atoms with Gasteiger partial charge in [-0.05, 0) is 192 Å². The maximum absolute atomic E-state index is 6.71. The van der Waals surface area contributed by atoms with Crippen LogP contribution < -0.4 is 0 Å². The van der Waals surface area contributed by atoms with Crippen LogP contribution in [0.4, 0.5) is 0 Å². The van der Waals surface area contributed by atoms with Gasteiger partial charge in [0.1, 0.15) is 22.3 Å². The van der Waals surface area contributed by atoms with Crippen molar-refractivity contribution in [3.63, 3.8) is 0 Å². The number of fused-ring (bicyclic) bond motifs is 24. The molecule has 24 aromatic carbocycles. The van der Waals surface area contributed by atoms with Gasteiger partial charge in [-0.3, -0.25) is 0 Å². The summed E-state index contributed by atoms with van der Waals surface area (Å²) in [5.74, 6) is 5.72. The number of rotatable bonds is 12. The summed E-state index contributed by atoms with van der Waals surface area (Å²) < 4.78 is 15.5. The zero-order chi connectivity index (χ0) is 96.9. The van der Waals surface area contributed by atoms with E-state index in [1.165, 1.54) is 101 Å². The predicted molar refractivity (Wildman–Crippen MR) is 610 cm³/mol. The number of para-hydroxylation sites is 1. The van der Waals surface area contributed by atoms with E-state index in [0.29, 0.717) is 52.4 Å². The van der Waals surface area contributed by atoms with Crippen LogP contribution in [0.2, 0.25) is 0 Å². The molecule has 0 fully saturated rings. The van der Waals surface area contributed by atoms with Crippen LogP contribution in [0.1, 0.15) is 0 Å². The van der Waals surface area contributed by atoms with Gasteiger partial charge in [0.05, 0.1) is 0 Å². The Morgan fingerprint density at radius 3 is 1.06 bits per heavy atom. The molecule has 0 saturated carbocycles. The zero-order valence-corrected chi connectivity index (χ0v) is 79.8. The van der Waals surface area contributed by atoms with Crippen molar-refractivity contribution in [2.45, 2.75) is 0 Å². The number of thiophene rings is 1. The Bertz CT molecular complexity index is 10500. The molecule has 0 aliphatic heterocycles. The average molecular weight is 1890 g/mol. The van der Waals surface area contributed by atoms with Crippen molar-refractivity contribution in [3.8, 4) is 136 Å². The monoisotopic (exact) mass is 1890 g/mol. The van der Waals surface area contributed by atoms with Crippen LogP contribution in [-0.2, 0) is 0 Å². The summed E-state index contributed by atoms with van der Waals surface area (Å²) in [5.41, 5.74) is 18.5. The second kappa shape index (κ2) is 35.9. The molecule has 6 aromatic heterocycles. The van der Waals surface area contributed by atoms with E-state index < -0.39 is 0 Å². The van der Waals surface area contributed by atoms with Gasteiger partial charge in [0.2, 0.25) is 0 Å². The van der Waals surface area contributed by atoms with Crippen LogP contribution in [0.25, 0.3) is 297 Å². The Morgan fingerprint density at radius 2 is 0.483 bits per heavy atom. The lowest BCUT2D eigenvalue weighted by molar-refractivity contribution is 0.669. The van der Waals surface area contributed by atoms with E-state index in [-0.39, 0.29) is 0 Å². The number of aromatic nitrogens is 9. The van der Waals surface area contributed by atoms with Gasteiger partial charge in [0.25, 0.3) is 0 Å². The van der Waals surface area contributed by atoms with Gasteiger partial charge in [0, 0.05) is 103 Å². The highest BCUT2D eigenvalue weighted by atomic mass is 32.1. The van der Waals surface area contributed by atoms with Crippen LogP contribution in [0.5, 0.6) is 0 Å². The lowest BCUT2D eigenvalue weighted by Crippen LogP contribution is -2.01. The van der Waals surface area contributed by atoms with Gasteiger partial charge in [-0.1, -0.05) is 419 Å². The smallest absolute Gasteiger partial charge is 0.164 e. The summed E-state index contributed by atoms with van der Waals surface area (Å²) in [7, 11) is 0.